The Morgan fingerprint density at radius 2 is 1.97 bits per heavy atom. The van der Waals surface area contributed by atoms with E-state index in [0.717, 1.165) is 67.4 Å². The Balaban J connectivity index is 1.17. The quantitative estimate of drug-likeness (QED) is 0.510. The minimum atomic E-state index is 0.158. The molecule has 0 aliphatic carbocycles. The number of rotatable bonds is 8. The average Bonchev–Trinajstić information content (AvgIpc) is 3.01. The summed E-state index contributed by atoms with van der Waals surface area (Å²) in [4.78, 5) is 21.2. The number of fused-ring (bicyclic) bond motifs is 1. The number of anilines is 1. The number of unbranched alkanes of at least 4 members (excludes halogenated alkanes) is 2. The Morgan fingerprint density at radius 3 is 2.71 bits per heavy atom. The molecule has 0 bridgehead atoms. The lowest BCUT2D eigenvalue weighted by Gasteiger charge is -2.36. The lowest BCUT2D eigenvalue weighted by atomic mass is 10.1. The summed E-state index contributed by atoms with van der Waals surface area (Å²) in [5.41, 5.74) is 3.00. The van der Waals surface area contributed by atoms with E-state index in [1.165, 1.54) is 29.3 Å². The van der Waals surface area contributed by atoms with Gasteiger partial charge in [0.1, 0.15) is 5.76 Å². The van der Waals surface area contributed by atoms with Gasteiger partial charge in [-0.1, -0.05) is 23.4 Å². The van der Waals surface area contributed by atoms with Gasteiger partial charge in [0.25, 0.3) is 0 Å². The summed E-state index contributed by atoms with van der Waals surface area (Å²) < 4.78 is 5.90. The number of carbonyl (C=O) groups excluding carboxylic acids is 1. The van der Waals surface area contributed by atoms with Gasteiger partial charge in [0, 0.05) is 54.0 Å². The van der Waals surface area contributed by atoms with Crippen molar-refractivity contribution in [3.05, 3.63) is 46.8 Å². The number of hydrogen-bond donors (Lipinski definition) is 0. The Kier molecular flexibility index (Phi) is 7.41. The van der Waals surface area contributed by atoms with Gasteiger partial charge in [-0.05, 0) is 63.9 Å². The van der Waals surface area contributed by atoms with E-state index in [-0.39, 0.29) is 10.4 Å². The van der Waals surface area contributed by atoms with Gasteiger partial charge in [-0.25, -0.2) is 0 Å². The highest BCUT2D eigenvalue weighted by molar-refractivity contribution is 8.15. The first-order valence-corrected chi connectivity index (χ1v) is 12.3. The second-order valence-electron chi connectivity index (χ2n) is 8.27. The van der Waals surface area contributed by atoms with Crippen LogP contribution in [0.15, 0.2) is 41.8 Å². The summed E-state index contributed by atoms with van der Waals surface area (Å²) in [6.07, 6.45) is 5.24. The third-order valence-electron chi connectivity index (χ3n) is 6.10. The Labute approximate surface area is 193 Å². The Hall–Kier alpha value is -1.76. The Bertz CT molecular complexity index is 972. The fourth-order valence-electron chi connectivity index (χ4n) is 4.32. The number of pyridine rings is 1. The van der Waals surface area contributed by atoms with Gasteiger partial charge in [0.2, 0.25) is 5.12 Å². The van der Waals surface area contributed by atoms with E-state index in [1.807, 2.05) is 32.2 Å². The summed E-state index contributed by atoms with van der Waals surface area (Å²) in [6, 6.07) is 8.06. The minimum absolute atomic E-state index is 0.158. The lowest BCUT2D eigenvalue weighted by Crippen LogP contribution is -2.46. The van der Waals surface area contributed by atoms with Crippen molar-refractivity contribution in [3.63, 3.8) is 0 Å². The maximum atomic E-state index is 11.7. The van der Waals surface area contributed by atoms with Gasteiger partial charge >= 0.3 is 0 Å². The number of aromatic nitrogens is 1. The van der Waals surface area contributed by atoms with Crippen molar-refractivity contribution < 1.29 is 9.53 Å². The maximum Gasteiger partial charge on any atom is 0.219 e. The molecule has 31 heavy (non-hydrogen) atoms. The van der Waals surface area contributed by atoms with E-state index in [2.05, 4.69) is 26.9 Å². The van der Waals surface area contributed by atoms with Gasteiger partial charge < -0.3 is 9.64 Å². The molecule has 1 fully saturated rings. The standard InChI is InChI=1S/C24H30ClN3O2S/c1-17-23(18(2)31-24(17)29)30-15-5-3-4-10-27-11-13-28(14-12-27)22-8-9-26-21-16-19(25)6-7-20(21)22/h6-9,16,18H,3-5,10-15H2,1-2H3. The summed E-state index contributed by atoms with van der Waals surface area (Å²) in [5.74, 6) is 0.886. The number of hydrogen-bond acceptors (Lipinski definition) is 6. The first-order valence-electron chi connectivity index (χ1n) is 11.1. The van der Waals surface area contributed by atoms with E-state index >= 15 is 0 Å². The van der Waals surface area contributed by atoms with Crippen molar-refractivity contribution in [1.29, 1.82) is 0 Å². The second kappa shape index (κ2) is 10.2. The fraction of sp³-hybridized carbons (Fsp3) is 0.500. The highest BCUT2D eigenvalue weighted by Gasteiger charge is 2.28. The zero-order chi connectivity index (χ0) is 21.8. The van der Waals surface area contributed by atoms with Crippen LogP contribution in [0.1, 0.15) is 33.1 Å². The molecule has 2 aliphatic heterocycles. The smallest absolute Gasteiger partial charge is 0.219 e. The molecule has 7 heteroatoms. The zero-order valence-corrected chi connectivity index (χ0v) is 19.8. The first kappa shape index (κ1) is 22.4. The third-order valence-corrected chi connectivity index (χ3v) is 7.42. The van der Waals surface area contributed by atoms with Gasteiger partial charge in [-0.15, -0.1) is 0 Å². The van der Waals surface area contributed by atoms with Crippen LogP contribution >= 0.6 is 23.4 Å². The van der Waals surface area contributed by atoms with Crippen molar-refractivity contribution in [2.24, 2.45) is 0 Å². The van der Waals surface area contributed by atoms with E-state index in [0.29, 0.717) is 6.61 Å². The van der Waals surface area contributed by atoms with Crippen molar-refractivity contribution in [3.8, 4) is 0 Å². The molecule has 3 heterocycles. The molecule has 1 atom stereocenters. The number of thioether (sulfide) groups is 1. The molecule has 0 N–H and O–H groups in total. The topological polar surface area (TPSA) is 45.7 Å². The van der Waals surface area contributed by atoms with Crippen LogP contribution < -0.4 is 4.90 Å². The monoisotopic (exact) mass is 459 g/mol. The number of piperazine rings is 1. The van der Waals surface area contributed by atoms with Crippen molar-refractivity contribution in [2.45, 2.75) is 38.4 Å². The second-order valence-corrected chi connectivity index (χ2v) is 10.0. The summed E-state index contributed by atoms with van der Waals surface area (Å²) in [5, 5.41) is 2.22. The average molecular weight is 460 g/mol. The third kappa shape index (κ3) is 5.36. The molecule has 1 saturated heterocycles. The summed E-state index contributed by atoms with van der Waals surface area (Å²) in [6.45, 7) is 9.97. The molecule has 4 rings (SSSR count). The molecule has 0 saturated carbocycles. The van der Waals surface area contributed by atoms with Crippen molar-refractivity contribution >= 4 is 45.1 Å². The zero-order valence-electron chi connectivity index (χ0n) is 18.3. The number of halogens is 1. The fourth-order valence-corrected chi connectivity index (χ4v) is 5.44. The predicted molar refractivity (Wildman–Crippen MR) is 130 cm³/mol. The number of ether oxygens (including phenoxy) is 1. The van der Waals surface area contributed by atoms with Gasteiger partial charge in [0.15, 0.2) is 0 Å². The molecule has 0 radical (unpaired) electrons. The Morgan fingerprint density at radius 1 is 1.16 bits per heavy atom. The highest BCUT2D eigenvalue weighted by atomic mass is 35.5. The van der Waals surface area contributed by atoms with E-state index < -0.39 is 0 Å². The van der Waals surface area contributed by atoms with E-state index in [4.69, 9.17) is 16.3 Å². The molecular formula is C24H30ClN3O2S. The van der Waals surface area contributed by atoms with Crippen LogP contribution in [-0.4, -0.2) is 59.6 Å². The molecule has 2 aromatic rings. The number of benzene rings is 1. The molecule has 1 unspecified atom stereocenters. The van der Waals surface area contributed by atoms with E-state index in [1.54, 1.807) is 0 Å². The molecule has 166 valence electrons. The van der Waals surface area contributed by atoms with Crippen molar-refractivity contribution in [1.82, 2.24) is 9.88 Å². The van der Waals surface area contributed by atoms with Gasteiger partial charge in [-0.2, -0.15) is 0 Å². The molecule has 1 aromatic heterocycles. The molecule has 5 nitrogen and oxygen atoms in total. The van der Waals surface area contributed by atoms with Crippen LogP contribution in [0.25, 0.3) is 10.9 Å². The normalized spacial score (nSPS) is 20.2. The molecular weight excluding hydrogens is 430 g/mol. The summed E-state index contributed by atoms with van der Waals surface area (Å²) >= 11 is 7.49. The van der Waals surface area contributed by atoms with Gasteiger partial charge in [0.05, 0.1) is 17.4 Å². The minimum Gasteiger partial charge on any atom is -0.496 e. The van der Waals surface area contributed by atoms with Gasteiger partial charge in [-0.3, -0.25) is 14.7 Å². The highest BCUT2D eigenvalue weighted by Crippen LogP contribution is 2.34. The SMILES string of the molecule is CC1=C(OCCCCCN2CCN(c3ccnc4cc(Cl)ccc34)CC2)C(C)SC1=O. The number of nitrogens with zero attached hydrogens (tertiary/aromatic N) is 3. The van der Waals surface area contributed by atoms with Crippen LogP contribution in [0, 0.1) is 0 Å². The van der Waals surface area contributed by atoms with Crippen LogP contribution in [-0.2, 0) is 9.53 Å². The lowest BCUT2D eigenvalue weighted by molar-refractivity contribution is -0.107. The molecule has 1 aromatic carbocycles. The largest absolute Gasteiger partial charge is 0.496 e. The van der Waals surface area contributed by atoms with Crippen LogP contribution in [0.4, 0.5) is 5.69 Å². The molecule has 0 spiro atoms. The molecule has 2 aliphatic rings. The first-order chi connectivity index (χ1) is 15.0. The van der Waals surface area contributed by atoms with Crippen LogP contribution in [0.3, 0.4) is 0 Å². The van der Waals surface area contributed by atoms with Crippen LogP contribution in [0.2, 0.25) is 5.02 Å². The summed E-state index contributed by atoms with van der Waals surface area (Å²) in [7, 11) is 0. The predicted octanol–water partition coefficient (Wildman–Crippen LogP) is 5.13. The van der Waals surface area contributed by atoms with Crippen molar-refractivity contribution in [2.75, 3.05) is 44.2 Å². The molecule has 0 amide bonds. The number of carbonyl (C=O) groups is 1. The maximum absolute atomic E-state index is 11.7. The van der Waals surface area contributed by atoms with Crippen LogP contribution in [0.5, 0.6) is 0 Å². The van der Waals surface area contributed by atoms with E-state index in [9.17, 15) is 4.79 Å².